The third kappa shape index (κ3) is 3.31. The van der Waals surface area contributed by atoms with E-state index >= 15 is 0 Å². The van der Waals surface area contributed by atoms with E-state index in [-0.39, 0.29) is 5.60 Å². The topological polar surface area (TPSA) is 12.5 Å². The molecule has 0 N–H and O–H groups in total. The lowest BCUT2D eigenvalue weighted by atomic mass is 9.91. The zero-order chi connectivity index (χ0) is 17.1. The molecule has 1 fully saturated rings. The Balaban J connectivity index is 1.52. The van der Waals surface area contributed by atoms with Crippen LogP contribution >= 0.6 is 0 Å². The van der Waals surface area contributed by atoms with Crippen molar-refractivity contribution in [2.24, 2.45) is 0 Å². The Morgan fingerprint density at radius 1 is 0.800 bits per heavy atom. The van der Waals surface area contributed by atoms with Crippen molar-refractivity contribution in [2.45, 2.75) is 18.9 Å². The Kier molecular flexibility index (Phi) is 4.29. The lowest BCUT2D eigenvalue weighted by molar-refractivity contribution is -0.0620. The minimum absolute atomic E-state index is 0.200. The van der Waals surface area contributed by atoms with Crippen molar-refractivity contribution in [1.29, 1.82) is 0 Å². The van der Waals surface area contributed by atoms with Crippen LogP contribution in [0.2, 0.25) is 0 Å². The van der Waals surface area contributed by atoms with Crippen LogP contribution in [0.4, 0.5) is 5.69 Å². The number of nitrogens with zero attached hydrogens (tertiary/aromatic N) is 1. The zero-order valence-corrected chi connectivity index (χ0v) is 14.6. The first-order valence-corrected chi connectivity index (χ1v) is 8.85. The van der Waals surface area contributed by atoms with E-state index in [0.29, 0.717) is 6.73 Å². The molecule has 1 aliphatic rings. The Morgan fingerprint density at radius 2 is 1.48 bits per heavy atom. The maximum Gasteiger partial charge on any atom is 0.120 e. The van der Waals surface area contributed by atoms with E-state index in [1.165, 1.54) is 22.4 Å². The van der Waals surface area contributed by atoms with Crippen molar-refractivity contribution in [3.63, 3.8) is 0 Å². The summed E-state index contributed by atoms with van der Waals surface area (Å²) in [4.78, 5) is 2.32. The van der Waals surface area contributed by atoms with Gasteiger partial charge in [0.2, 0.25) is 0 Å². The highest BCUT2D eigenvalue weighted by Crippen LogP contribution is 2.35. The maximum absolute atomic E-state index is 6.29. The highest BCUT2D eigenvalue weighted by atomic mass is 16.5. The summed E-state index contributed by atoms with van der Waals surface area (Å²) >= 11 is 0. The van der Waals surface area contributed by atoms with Crippen molar-refractivity contribution in [1.82, 2.24) is 0 Å². The molecule has 4 rings (SSSR count). The third-order valence-corrected chi connectivity index (χ3v) is 5.10. The highest BCUT2D eigenvalue weighted by Gasteiger charge is 2.32. The fraction of sp³-hybridized carbons (Fsp3) is 0.217. The molecule has 0 spiro atoms. The second kappa shape index (κ2) is 6.73. The molecule has 1 saturated heterocycles. The molecule has 0 bridgehead atoms. The first-order chi connectivity index (χ1) is 12.2. The molecule has 3 aromatic carbocycles. The summed E-state index contributed by atoms with van der Waals surface area (Å²) in [6.45, 7) is 3.80. The molecule has 1 atom stereocenters. The van der Waals surface area contributed by atoms with Crippen molar-refractivity contribution in [3.05, 3.63) is 90.5 Å². The number of hydrogen-bond donors (Lipinski definition) is 0. The highest BCUT2D eigenvalue weighted by molar-refractivity contribution is 5.68. The van der Waals surface area contributed by atoms with Gasteiger partial charge in [-0.25, -0.2) is 0 Å². The molecule has 25 heavy (non-hydrogen) atoms. The Labute approximate surface area is 149 Å². The summed E-state index contributed by atoms with van der Waals surface area (Å²) in [5, 5.41) is 0. The van der Waals surface area contributed by atoms with E-state index in [0.717, 1.165) is 13.0 Å². The van der Waals surface area contributed by atoms with Gasteiger partial charge in [-0.3, -0.25) is 0 Å². The molecule has 2 heteroatoms. The molecule has 0 aromatic heterocycles. The summed E-state index contributed by atoms with van der Waals surface area (Å²) in [5.74, 6) is 0. The van der Waals surface area contributed by atoms with Gasteiger partial charge in [-0.05, 0) is 42.2 Å². The maximum atomic E-state index is 6.29. The molecule has 0 amide bonds. The minimum Gasteiger partial charge on any atom is -0.350 e. The number of anilines is 1. The Hall–Kier alpha value is -2.58. The van der Waals surface area contributed by atoms with Crippen molar-refractivity contribution < 1.29 is 4.74 Å². The van der Waals surface area contributed by atoms with Crippen molar-refractivity contribution in [2.75, 3.05) is 18.2 Å². The van der Waals surface area contributed by atoms with Crippen LogP contribution in [0.15, 0.2) is 84.9 Å². The van der Waals surface area contributed by atoms with Crippen LogP contribution < -0.4 is 4.90 Å². The van der Waals surface area contributed by atoms with Gasteiger partial charge in [-0.15, -0.1) is 0 Å². The van der Waals surface area contributed by atoms with Crippen molar-refractivity contribution in [3.8, 4) is 11.1 Å². The van der Waals surface area contributed by atoms with Crippen LogP contribution in [0.3, 0.4) is 0 Å². The molecule has 1 unspecified atom stereocenters. The van der Waals surface area contributed by atoms with Gasteiger partial charge < -0.3 is 9.64 Å². The van der Waals surface area contributed by atoms with E-state index < -0.39 is 0 Å². The molecule has 0 aliphatic carbocycles. The largest absolute Gasteiger partial charge is 0.350 e. The Bertz CT molecular complexity index is 821. The third-order valence-electron chi connectivity index (χ3n) is 5.10. The molecule has 1 heterocycles. The molecule has 3 aromatic rings. The number of rotatable bonds is 3. The normalized spacial score (nSPS) is 20.4. The average Bonchev–Trinajstić information content (AvgIpc) is 2.70. The van der Waals surface area contributed by atoms with E-state index in [2.05, 4.69) is 96.8 Å². The molecule has 0 radical (unpaired) electrons. The molecule has 2 nitrogen and oxygen atoms in total. The van der Waals surface area contributed by atoms with Gasteiger partial charge in [0.05, 0.1) is 5.60 Å². The van der Waals surface area contributed by atoms with E-state index in [1.807, 2.05) is 0 Å². The second-order valence-corrected chi connectivity index (χ2v) is 6.80. The van der Waals surface area contributed by atoms with Crippen LogP contribution in [-0.2, 0) is 10.3 Å². The van der Waals surface area contributed by atoms with Crippen LogP contribution in [0.25, 0.3) is 11.1 Å². The van der Waals surface area contributed by atoms with E-state index in [1.54, 1.807) is 0 Å². The van der Waals surface area contributed by atoms with E-state index in [4.69, 9.17) is 4.74 Å². The van der Waals surface area contributed by atoms with Crippen LogP contribution in [0, 0.1) is 0 Å². The number of benzene rings is 3. The molecular formula is C23H23NO. The van der Waals surface area contributed by atoms with Gasteiger partial charge in [0.15, 0.2) is 0 Å². The molecule has 126 valence electrons. The zero-order valence-electron chi connectivity index (χ0n) is 14.6. The Morgan fingerprint density at radius 3 is 2.16 bits per heavy atom. The predicted octanol–water partition coefficient (Wildman–Crippen LogP) is 5.45. The van der Waals surface area contributed by atoms with Crippen LogP contribution in [-0.4, -0.2) is 13.3 Å². The van der Waals surface area contributed by atoms with Gasteiger partial charge in [0.1, 0.15) is 6.73 Å². The summed E-state index contributed by atoms with van der Waals surface area (Å²) in [6, 6.07) is 29.8. The predicted molar refractivity (Wildman–Crippen MR) is 104 cm³/mol. The van der Waals surface area contributed by atoms with Crippen molar-refractivity contribution >= 4 is 5.69 Å². The molecular weight excluding hydrogens is 306 g/mol. The minimum atomic E-state index is -0.200. The van der Waals surface area contributed by atoms with Gasteiger partial charge in [-0.1, -0.05) is 72.8 Å². The first kappa shape index (κ1) is 15.9. The van der Waals surface area contributed by atoms with Gasteiger partial charge in [0.25, 0.3) is 0 Å². The number of hydrogen-bond acceptors (Lipinski definition) is 2. The summed E-state index contributed by atoms with van der Waals surface area (Å²) in [6.07, 6.45) is 0.979. The second-order valence-electron chi connectivity index (χ2n) is 6.80. The standard InChI is InChI=1S/C23H23NO/c1-23(21-12-6-3-7-13-21)15-16-24(18-25-23)22-14-8-11-20(17-22)19-9-4-2-5-10-19/h2-14,17H,15-16,18H2,1H3. The lowest BCUT2D eigenvalue weighted by Gasteiger charge is -2.41. The van der Waals surface area contributed by atoms with Gasteiger partial charge >= 0.3 is 0 Å². The first-order valence-electron chi connectivity index (χ1n) is 8.85. The smallest absolute Gasteiger partial charge is 0.120 e. The van der Waals surface area contributed by atoms with Gasteiger partial charge in [-0.2, -0.15) is 0 Å². The summed E-state index contributed by atoms with van der Waals surface area (Å²) in [7, 11) is 0. The molecule has 1 aliphatic heterocycles. The average molecular weight is 329 g/mol. The fourth-order valence-corrected chi connectivity index (χ4v) is 3.44. The lowest BCUT2D eigenvalue weighted by Crippen LogP contribution is -2.43. The summed E-state index contributed by atoms with van der Waals surface area (Å²) < 4.78 is 6.29. The monoisotopic (exact) mass is 329 g/mol. The van der Waals surface area contributed by atoms with Crippen LogP contribution in [0.1, 0.15) is 18.9 Å². The fourth-order valence-electron chi connectivity index (χ4n) is 3.44. The summed E-state index contributed by atoms with van der Waals surface area (Å²) in [5.41, 5.74) is 4.77. The quantitative estimate of drug-likeness (QED) is 0.633. The SMILES string of the molecule is CC1(c2ccccc2)CCN(c2cccc(-c3ccccc3)c2)CO1. The van der Waals surface area contributed by atoms with E-state index in [9.17, 15) is 0 Å². The van der Waals surface area contributed by atoms with Gasteiger partial charge in [0, 0.05) is 12.2 Å². The number of ether oxygens (including phenoxy) is 1. The molecule has 0 saturated carbocycles. The van der Waals surface area contributed by atoms with Crippen LogP contribution in [0.5, 0.6) is 0 Å².